The maximum Gasteiger partial charge on any atom is 0.460 e. The molecule has 0 radical (unpaired) electrons. The van der Waals surface area contributed by atoms with Gasteiger partial charge in [0.2, 0.25) is 0 Å². The summed E-state index contributed by atoms with van der Waals surface area (Å²) in [6.45, 7) is 1.70. The largest absolute Gasteiger partial charge is 0.460 e. The molecule has 12 heteroatoms. The second kappa shape index (κ2) is 7.10. The predicted octanol–water partition coefficient (Wildman–Crippen LogP) is 5.78. The van der Waals surface area contributed by atoms with Gasteiger partial charge < -0.3 is 5.11 Å². The molecule has 0 amide bonds. The van der Waals surface area contributed by atoms with E-state index in [0.717, 1.165) is 12.1 Å². The number of benzene rings is 1. The van der Waals surface area contributed by atoms with Crippen molar-refractivity contribution in [2.75, 3.05) is 0 Å². The minimum atomic E-state index is -7.46. The number of alkyl halides is 11. The van der Waals surface area contributed by atoms with Crippen molar-refractivity contribution in [3.63, 3.8) is 0 Å². The normalized spacial score (nSPS) is 15.7. The van der Waals surface area contributed by atoms with Crippen LogP contribution in [0.25, 0.3) is 0 Å². The lowest BCUT2D eigenvalue weighted by Gasteiger charge is -2.37. The zero-order valence-corrected chi connectivity index (χ0v) is 13.4. The molecule has 1 unspecified atom stereocenters. The maximum atomic E-state index is 13.6. The number of hydrogen-bond donors (Lipinski definition) is 1. The van der Waals surface area contributed by atoms with Gasteiger partial charge in [-0.1, -0.05) is 31.2 Å². The SMILES string of the molecule is CCc1ccc(C(O)CC(F)(F)C(F)(F)C(F)(F)C(F)(F)C(F)(F)F)cc1. The van der Waals surface area contributed by atoms with E-state index in [0.29, 0.717) is 12.0 Å². The smallest absolute Gasteiger partial charge is 0.388 e. The van der Waals surface area contributed by atoms with Gasteiger partial charge in [0.15, 0.2) is 0 Å². The highest BCUT2D eigenvalue weighted by Gasteiger charge is 2.87. The molecule has 0 saturated heterocycles. The second-order valence-corrected chi connectivity index (χ2v) is 5.74. The molecule has 1 atom stereocenters. The lowest BCUT2D eigenvalue weighted by atomic mass is 9.92. The Morgan fingerprint density at radius 3 is 1.56 bits per heavy atom. The second-order valence-electron chi connectivity index (χ2n) is 5.74. The molecule has 0 saturated carbocycles. The molecule has 1 rings (SSSR count). The first kappa shape index (κ1) is 23.4. The summed E-state index contributed by atoms with van der Waals surface area (Å²) in [6, 6.07) is 4.59. The van der Waals surface area contributed by atoms with Crippen molar-refractivity contribution >= 4 is 0 Å². The molecule has 0 aliphatic rings. The Kier molecular flexibility index (Phi) is 6.17. The van der Waals surface area contributed by atoms with E-state index in [4.69, 9.17) is 0 Å². The van der Waals surface area contributed by atoms with Gasteiger partial charge in [0, 0.05) is 6.42 Å². The molecule has 0 bridgehead atoms. The average Bonchev–Trinajstić information content (AvgIpc) is 2.52. The van der Waals surface area contributed by atoms with Crippen molar-refractivity contribution in [2.45, 2.75) is 55.7 Å². The van der Waals surface area contributed by atoms with E-state index in [1.165, 1.54) is 12.1 Å². The summed E-state index contributed by atoms with van der Waals surface area (Å²) in [4.78, 5) is 0. The third kappa shape index (κ3) is 3.99. The fourth-order valence-electron chi connectivity index (χ4n) is 2.07. The quantitative estimate of drug-likeness (QED) is 0.557. The van der Waals surface area contributed by atoms with Crippen LogP contribution in [0.5, 0.6) is 0 Å². The van der Waals surface area contributed by atoms with Crippen molar-refractivity contribution in [3.05, 3.63) is 35.4 Å². The summed E-state index contributed by atoms with van der Waals surface area (Å²) in [5.41, 5.74) is 0.202. The van der Waals surface area contributed by atoms with Gasteiger partial charge in [-0.15, -0.1) is 0 Å². The Morgan fingerprint density at radius 2 is 1.19 bits per heavy atom. The maximum absolute atomic E-state index is 13.6. The molecule has 0 aliphatic heterocycles. The van der Waals surface area contributed by atoms with Gasteiger partial charge in [-0.05, 0) is 17.5 Å². The first-order valence-corrected chi connectivity index (χ1v) is 7.27. The van der Waals surface area contributed by atoms with Gasteiger partial charge >= 0.3 is 29.9 Å². The van der Waals surface area contributed by atoms with Crippen molar-refractivity contribution < 1.29 is 53.4 Å². The summed E-state index contributed by atoms with van der Waals surface area (Å²) < 4.78 is 142. The van der Waals surface area contributed by atoms with Crippen molar-refractivity contribution in [1.29, 1.82) is 0 Å². The van der Waals surface area contributed by atoms with Gasteiger partial charge in [0.1, 0.15) is 0 Å². The number of rotatable bonds is 7. The first-order chi connectivity index (χ1) is 11.9. The van der Waals surface area contributed by atoms with E-state index in [1.54, 1.807) is 6.92 Å². The molecule has 1 aromatic carbocycles. The Balaban J connectivity index is 3.18. The van der Waals surface area contributed by atoms with E-state index in [2.05, 4.69) is 0 Å². The van der Waals surface area contributed by atoms with Gasteiger partial charge in [-0.2, -0.15) is 48.3 Å². The monoisotopic (exact) mass is 418 g/mol. The summed E-state index contributed by atoms with van der Waals surface area (Å²) >= 11 is 0. The first-order valence-electron chi connectivity index (χ1n) is 7.27. The zero-order valence-electron chi connectivity index (χ0n) is 13.4. The van der Waals surface area contributed by atoms with E-state index in [9.17, 15) is 53.4 Å². The molecule has 1 nitrogen and oxygen atoms in total. The van der Waals surface area contributed by atoms with Crippen LogP contribution < -0.4 is 0 Å². The predicted molar refractivity (Wildman–Crippen MR) is 71.2 cm³/mol. The van der Waals surface area contributed by atoms with E-state index >= 15 is 0 Å². The summed E-state index contributed by atoms with van der Waals surface area (Å²) in [7, 11) is 0. The molecule has 0 heterocycles. The van der Waals surface area contributed by atoms with Crippen molar-refractivity contribution in [3.8, 4) is 0 Å². The molecule has 0 fully saturated rings. The Bertz CT molecular complexity index is 634. The van der Waals surface area contributed by atoms with Gasteiger partial charge in [-0.3, -0.25) is 0 Å². The highest BCUT2D eigenvalue weighted by atomic mass is 19.4. The van der Waals surface area contributed by atoms with Gasteiger partial charge in [-0.25, -0.2) is 0 Å². The molecule has 0 aliphatic carbocycles. The van der Waals surface area contributed by atoms with Crippen molar-refractivity contribution in [2.24, 2.45) is 0 Å². The van der Waals surface area contributed by atoms with Crippen LogP contribution >= 0.6 is 0 Å². The van der Waals surface area contributed by atoms with Crippen LogP contribution in [0.2, 0.25) is 0 Å². The zero-order chi connectivity index (χ0) is 21.5. The third-order valence-corrected chi connectivity index (χ3v) is 3.83. The van der Waals surface area contributed by atoms with Gasteiger partial charge in [0.05, 0.1) is 6.10 Å². The minimum Gasteiger partial charge on any atom is -0.388 e. The summed E-state index contributed by atoms with van der Waals surface area (Å²) in [6.07, 6.45) is -11.8. The summed E-state index contributed by atoms with van der Waals surface area (Å²) in [5.74, 6) is -28.1. The van der Waals surface area contributed by atoms with Crippen LogP contribution in [0, 0.1) is 0 Å². The number of hydrogen-bond acceptors (Lipinski definition) is 1. The molecule has 27 heavy (non-hydrogen) atoms. The van der Waals surface area contributed by atoms with Crippen LogP contribution in [0.4, 0.5) is 48.3 Å². The molecule has 156 valence electrons. The summed E-state index contributed by atoms with van der Waals surface area (Å²) in [5, 5.41) is 9.54. The van der Waals surface area contributed by atoms with Crippen LogP contribution in [0.3, 0.4) is 0 Å². The Hall–Kier alpha value is -1.59. The average molecular weight is 418 g/mol. The lowest BCUT2D eigenvalue weighted by Crippen LogP contribution is -2.66. The fraction of sp³-hybridized carbons (Fsp3) is 0.600. The minimum absolute atomic E-state index is 0.437. The lowest BCUT2D eigenvalue weighted by molar-refractivity contribution is -0.423. The van der Waals surface area contributed by atoms with Crippen molar-refractivity contribution in [1.82, 2.24) is 0 Å². The Labute approximate surface area is 145 Å². The third-order valence-electron chi connectivity index (χ3n) is 3.83. The van der Waals surface area contributed by atoms with Crippen LogP contribution in [-0.4, -0.2) is 35.0 Å². The molecule has 0 spiro atoms. The molecular formula is C15H13F11O. The van der Waals surface area contributed by atoms with E-state index in [-0.39, 0.29) is 0 Å². The molecule has 0 aromatic heterocycles. The Morgan fingerprint density at radius 1 is 0.741 bits per heavy atom. The van der Waals surface area contributed by atoms with Crippen LogP contribution in [0.1, 0.15) is 30.6 Å². The number of aliphatic hydroxyl groups is 1. The molecule has 1 aromatic rings. The number of aryl methyl sites for hydroxylation is 1. The highest BCUT2D eigenvalue weighted by molar-refractivity contribution is 5.24. The number of aliphatic hydroxyl groups excluding tert-OH is 1. The topological polar surface area (TPSA) is 20.2 Å². The van der Waals surface area contributed by atoms with E-state index in [1.807, 2.05) is 0 Å². The standard InChI is InChI=1S/C15H13F11O/c1-2-8-3-5-9(6-4-8)10(27)7-11(16,17)12(18,19)13(20,21)14(22,23)15(24,25)26/h3-6,10,27H,2,7H2,1H3. The van der Waals surface area contributed by atoms with E-state index < -0.39 is 48.0 Å². The van der Waals surface area contributed by atoms with Gasteiger partial charge in [0.25, 0.3) is 0 Å². The van der Waals surface area contributed by atoms with Crippen LogP contribution in [0.15, 0.2) is 24.3 Å². The molecular weight excluding hydrogens is 405 g/mol. The highest BCUT2D eigenvalue weighted by Crippen LogP contribution is 2.58. The fourth-order valence-corrected chi connectivity index (χ4v) is 2.07. The number of halogens is 11. The molecule has 1 N–H and O–H groups in total. The van der Waals surface area contributed by atoms with Crippen LogP contribution in [-0.2, 0) is 6.42 Å².